The number of hydrogen-bond donors (Lipinski definition) is 3. The van der Waals surface area contributed by atoms with Crippen LogP contribution in [0.15, 0.2) is 0 Å². The summed E-state index contributed by atoms with van der Waals surface area (Å²) in [6.45, 7) is 1.39. The summed E-state index contributed by atoms with van der Waals surface area (Å²) in [4.78, 5) is 2.06. The minimum absolute atomic E-state index is 0.234. The molecule has 0 aromatic carbocycles. The van der Waals surface area contributed by atoms with Gasteiger partial charge in [-0.05, 0) is 12.8 Å². The van der Waals surface area contributed by atoms with Gasteiger partial charge < -0.3 is 15.3 Å². The van der Waals surface area contributed by atoms with E-state index in [2.05, 4.69) is 4.90 Å². The number of fused-ring (bicyclic) bond motifs is 1. The van der Waals surface area contributed by atoms with E-state index in [-0.39, 0.29) is 12.6 Å². The van der Waals surface area contributed by atoms with Crippen LogP contribution in [0.5, 0.6) is 0 Å². The fourth-order valence-electron chi connectivity index (χ4n) is 2.44. The van der Waals surface area contributed by atoms with Gasteiger partial charge in [0.2, 0.25) is 0 Å². The average molecular weight is 173 g/mol. The van der Waals surface area contributed by atoms with Crippen molar-refractivity contribution in [3.8, 4) is 0 Å². The second-order valence-corrected chi connectivity index (χ2v) is 3.85. The third-order valence-corrected chi connectivity index (χ3v) is 3.13. The molecule has 2 fully saturated rings. The quantitative estimate of drug-likeness (QED) is 0.454. The third kappa shape index (κ3) is 0.992. The molecule has 0 amide bonds. The fraction of sp³-hybridized carbons (Fsp3) is 1.00. The van der Waals surface area contributed by atoms with Crippen molar-refractivity contribution in [3.05, 3.63) is 0 Å². The molecular weight excluding hydrogens is 158 g/mol. The number of nitrogens with zero attached hydrogens (tertiary/aromatic N) is 1. The maximum atomic E-state index is 9.89. The first-order valence-electron chi connectivity index (χ1n) is 4.43. The van der Waals surface area contributed by atoms with Gasteiger partial charge in [-0.2, -0.15) is 0 Å². The maximum Gasteiger partial charge on any atom is 0.107 e. The SMILES string of the molecule is OC[C@@]1(O)CCN2CC[C@@H](O)[C@H]21. The van der Waals surface area contributed by atoms with Crippen LogP contribution < -0.4 is 0 Å². The van der Waals surface area contributed by atoms with Crippen LogP contribution in [0.4, 0.5) is 0 Å². The largest absolute Gasteiger partial charge is 0.393 e. The minimum Gasteiger partial charge on any atom is -0.393 e. The van der Waals surface area contributed by atoms with Gasteiger partial charge in [0.15, 0.2) is 0 Å². The van der Waals surface area contributed by atoms with Crippen LogP contribution in [0.3, 0.4) is 0 Å². The Morgan fingerprint density at radius 3 is 2.83 bits per heavy atom. The predicted molar refractivity (Wildman–Crippen MR) is 42.6 cm³/mol. The first-order valence-corrected chi connectivity index (χ1v) is 4.43. The third-order valence-electron chi connectivity index (χ3n) is 3.13. The lowest BCUT2D eigenvalue weighted by atomic mass is 9.92. The molecular formula is C8H15NO3. The molecule has 70 valence electrons. The van der Waals surface area contributed by atoms with Gasteiger partial charge in [0.25, 0.3) is 0 Å². The van der Waals surface area contributed by atoms with E-state index in [4.69, 9.17) is 5.11 Å². The highest BCUT2D eigenvalue weighted by atomic mass is 16.3. The van der Waals surface area contributed by atoms with Crippen molar-refractivity contribution in [1.29, 1.82) is 0 Å². The zero-order chi connectivity index (χ0) is 8.77. The van der Waals surface area contributed by atoms with Crippen LogP contribution in [-0.4, -0.2) is 57.7 Å². The summed E-state index contributed by atoms with van der Waals surface area (Å²) in [5, 5.41) is 28.4. The highest BCUT2D eigenvalue weighted by molar-refractivity contribution is 5.06. The van der Waals surface area contributed by atoms with Crippen LogP contribution in [0, 0.1) is 0 Å². The molecule has 3 N–H and O–H groups in total. The second-order valence-electron chi connectivity index (χ2n) is 3.85. The van der Waals surface area contributed by atoms with Crippen LogP contribution in [0.1, 0.15) is 12.8 Å². The summed E-state index contributed by atoms with van der Waals surface area (Å²) in [6.07, 6.45) is 0.822. The lowest BCUT2D eigenvalue weighted by Crippen LogP contribution is -2.49. The summed E-state index contributed by atoms with van der Waals surface area (Å²) in [5.74, 6) is 0. The van der Waals surface area contributed by atoms with E-state index in [1.807, 2.05) is 0 Å². The summed E-state index contributed by atoms with van der Waals surface area (Å²) in [6, 6.07) is -0.234. The average Bonchev–Trinajstić information content (AvgIpc) is 2.57. The molecule has 2 aliphatic heterocycles. The Kier molecular flexibility index (Phi) is 1.88. The van der Waals surface area contributed by atoms with Gasteiger partial charge in [-0.3, -0.25) is 4.90 Å². The van der Waals surface area contributed by atoms with Crippen molar-refractivity contribution >= 4 is 0 Å². The number of rotatable bonds is 1. The molecule has 2 heterocycles. The van der Waals surface area contributed by atoms with E-state index in [0.29, 0.717) is 12.8 Å². The van der Waals surface area contributed by atoms with Crippen molar-refractivity contribution in [2.75, 3.05) is 19.7 Å². The van der Waals surface area contributed by atoms with E-state index < -0.39 is 11.7 Å². The van der Waals surface area contributed by atoms with Crippen molar-refractivity contribution < 1.29 is 15.3 Å². The molecule has 4 nitrogen and oxygen atoms in total. The van der Waals surface area contributed by atoms with Gasteiger partial charge in [-0.1, -0.05) is 0 Å². The number of hydrogen-bond acceptors (Lipinski definition) is 4. The maximum absolute atomic E-state index is 9.89. The highest BCUT2D eigenvalue weighted by Gasteiger charge is 2.51. The molecule has 2 rings (SSSR count). The summed E-state index contributed by atoms with van der Waals surface area (Å²) >= 11 is 0. The Hall–Kier alpha value is -0.160. The molecule has 0 saturated carbocycles. The molecule has 3 atom stereocenters. The van der Waals surface area contributed by atoms with Crippen LogP contribution in [-0.2, 0) is 0 Å². The van der Waals surface area contributed by atoms with Crippen molar-refractivity contribution in [3.63, 3.8) is 0 Å². The van der Waals surface area contributed by atoms with Crippen molar-refractivity contribution in [2.24, 2.45) is 0 Å². The van der Waals surface area contributed by atoms with Gasteiger partial charge in [0.1, 0.15) is 5.60 Å². The molecule has 2 saturated heterocycles. The smallest absolute Gasteiger partial charge is 0.107 e. The standard InChI is InChI=1S/C8H15NO3/c10-5-8(12)2-4-9-3-1-6(11)7(8)9/h6-7,10-12H,1-5H2/t6-,7+,8+/m1/s1. The van der Waals surface area contributed by atoms with Crippen LogP contribution >= 0.6 is 0 Å². The minimum atomic E-state index is -1.06. The van der Waals surface area contributed by atoms with Crippen molar-refractivity contribution in [2.45, 2.75) is 30.6 Å². The van der Waals surface area contributed by atoms with E-state index in [1.165, 1.54) is 0 Å². The Balaban J connectivity index is 2.19. The van der Waals surface area contributed by atoms with E-state index in [9.17, 15) is 10.2 Å². The Morgan fingerprint density at radius 2 is 2.17 bits per heavy atom. The Labute approximate surface area is 71.4 Å². The first-order chi connectivity index (χ1) is 5.67. The fourth-order valence-corrected chi connectivity index (χ4v) is 2.44. The summed E-state index contributed by atoms with van der Waals surface area (Å²) in [7, 11) is 0. The molecule has 0 bridgehead atoms. The number of aliphatic hydroxyl groups is 3. The van der Waals surface area contributed by atoms with Gasteiger partial charge in [-0.25, -0.2) is 0 Å². The number of aliphatic hydroxyl groups excluding tert-OH is 2. The van der Waals surface area contributed by atoms with Gasteiger partial charge >= 0.3 is 0 Å². The zero-order valence-electron chi connectivity index (χ0n) is 6.98. The lowest BCUT2D eigenvalue weighted by molar-refractivity contribution is -0.0623. The Morgan fingerprint density at radius 1 is 1.42 bits per heavy atom. The van der Waals surface area contributed by atoms with Crippen LogP contribution in [0.25, 0.3) is 0 Å². The van der Waals surface area contributed by atoms with E-state index in [0.717, 1.165) is 13.1 Å². The predicted octanol–water partition coefficient (Wildman–Crippen LogP) is -1.45. The second kappa shape index (κ2) is 2.67. The van der Waals surface area contributed by atoms with Crippen molar-refractivity contribution in [1.82, 2.24) is 4.90 Å². The zero-order valence-corrected chi connectivity index (χ0v) is 6.98. The van der Waals surface area contributed by atoms with E-state index >= 15 is 0 Å². The molecule has 0 radical (unpaired) electrons. The monoisotopic (exact) mass is 173 g/mol. The Bertz CT molecular complexity index is 187. The first kappa shape index (κ1) is 8.44. The molecule has 2 aliphatic rings. The topological polar surface area (TPSA) is 63.9 Å². The summed E-state index contributed by atoms with van der Waals surface area (Å²) < 4.78 is 0. The molecule has 0 aromatic rings. The normalized spacial score (nSPS) is 48.2. The van der Waals surface area contributed by atoms with Gasteiger partial charge in [0.05, 0.1) is 18.8 Å². The van der Waals surface area contributed by atoms with Crippen LogP contribution in [0.2, 0.25) is 0 Å². The lowest BCUT2D eigenvalue weighted by Gasteiger charge is -2.29. The van der Waals surface area contributed by atoms with E-state index in [1.54, 1.807) is 0 Å². The highest BCUT2D eigenvalue weighted by Crippen LogP contribution is 2.35. The van der Waals surface area contributed by atoms with Gasteiger partial charge in [-0.15, -0.1) is 0 Å². The molecule has 0 spiro atoms. The van der Waals surface area contributed by atoms with Gasteiger partial charge in [0, 0.05) is 13.1 Å². The molecule has 0 unspecified atom stereocenters. The molecule has 4 heteroatoms. The molecule has 0 aromatic heterocycles. The molecule has 0 aliphatic carbocycles. The molecule has 12 heavy (non-hydrogen) atoms. The summed E-state index contributed by atoms with van der Waals surface area (Å²) in [5.41, 5.74) is -1.06.